The van der Waals surface area contributed by atoms with Gasteiger partial charge >= 0.3 is 0 Å². The first kappa shape index (κ1) is 17.8. The quantitative estimate of drug-likeness (QED) is 0.756. The highest BCUT2D eigenvalue weighted by Crippen LogP contribution is 2.42. The first-order chi connectivity index (χ1) is 13.1. The molecule has 2 aromatic carbocycles. The standard InChI is InChI=1S/C21H22N2O3S/c1-2-14-23-21(24)17-11-8-13-19(20(17)27(23,25)26)22-15-7-6-12-18(22)16-9-4-3-5-10-16/h2-5,8-11,13,18H,1,6-7,12,14-15H2. The molecule has 2 aliphatic heterocycles. The molecule has 1 fully saturated rings. The van der Waals surface area contributed by atoms with Crippen molar-refractivity contribution >= 4 is 21.6 Å². The summed E-state index contributed by atoms with van der Waals surface area (Å²) in [6.07, 6.45) is 4.49. The van der Waals surface area contributed by atoms with Crippen LogP contribution in [-0.4, -0.2) is 31.7 Å². The molecule has 2 aromatic rings. The fraction of sp³-hybridized carbons (Fsp3) is 0.286. The van der Waals surface area contributed by atoms with Gasteiger partial charge in [0, 0.05) is 6.54 Å². The summed E-state index contributed by atoms with van der Waals surface area (Å²) in [5.74, 6) is -0.472. The summed E-state index contributed by atoms with van der Waals surface area (Å²) in [6, 6.07) is 15.4. The van der Waals surface area contributed by atoms with Gasteiger partial charge in [-0.1, -0.05) is 42.5 Å². The zero-order valence-electron chi connectivity index (χ0n) is 15.0. The largest absolute Gasteiger partial charge is 0.363 e. The number of rotatable bonds is 4. The van der Waals surface area contributed by atoms with Crippen molar-refractivity contribution in [2.45, 2.75) is 30.2 Å². The molecule has 4 rings (SSSR count). The first-order valence-corrected chi connectivity index (χ1v) is 10.6. The summed E-state index contributed by atoms with van der Waals surface area (Å²) >= 11 is 0. The van der Waals surface area contributed by atoms with Crippen molar-refractivity contribution in [2.24, 2.45) is 0 Å². The van der Waals surface area contributed by atoms with Gasteiger partial charge in [-0.25, -0.2) is 12.7 Å². The molecular formula is C21H22N2O3S. The molecule has 0 aromatic heterocycles. The van der Waals surface area contributed by atoms with Crippen LogP contribution in [0.1, 0.15) is 41.2 Å². The van der Waals surface area contributed by atoms with Crippen molar-refractivity contribution in [1.82, 2.24) is 4.31 Å². The van der Waals surface area contributed by atoms with Crippen LogP contribution in [0.15, 0.2) is 66.1 Å². The smallest absolute Gasteiger partial charge is 0.269 e. The van der Waals surface area contributed by atoms with Crippen molar-refractivity contribution in [1.29, 1.82) is 0 Å². The van der Waals surface area contributed by atoms with Crippen LogP contribution in [-0.2, 0) is 10.0 Å². The Morgan fingerprint density at radius 3 is 2.59 bits per heavy atom. The van der Waals surface area contributed by atoms with Gasteiger partial charge < -0.3 is 4.90 Å². The molecule has 5 nitrogen and oxygen atoms in total. The van der Waals surface area contributed by atoms with Crippen LogP contribution in [0.5, 0.6) is 0 Å². The summed E-state index contributed by atoms with van der Waals surface area (Å²) in [6.45, 7) is 4.33. The number of hydrogen-bond acceptors (Lipinski definition) is 4. The number of benzene rings is 2. The normalized spacial score (nSPS) is 21.2. The number of anilines is 1. The van der Waals surface area contributed by atoms with E-state index in [9.17, 15) is 13.2 Å². The maximum atomic E-state index is 13.1. The van der Waals surface area contributed by atoms with Gasteiger partial charge in [0.05, 0.1) is 23.8 Å². The summed E-state index contributed by atoms with van der Waals surface area (Å²) < 4.78 is 27.2. The highest BCUT2D eigenvalue weighted by Gasteiger charge is 2.44. The third-order valence-electron chi connectivity index (χ3n) is 5.29. The molecule has 2 aliphatic rings. The van der Waals surface area contributed by atoms with E-state index in [1.54, 1.807) is 12.1 Å². The van der Waals surface area contributed by atoms with Crippen LogP contribution in [0.3, 0.4) is 0 Å². The van der Waals surface area contributed by atoms with Gasteiger partial charge in [0.1, 0.15) is 4.90 Å². The zero-order chi connectivity index (χ0) is 19.0. The van der Waals surface area contributed by atoms with Crippen LogP contribution in [0.2, 0.25) is 0 Å². The minimum atomic E-state index is -3.87. The Morgan fingerprint density at radius 1 is 1.07 bits per heavy atom. The maximum Gasteiger partial charge on any atom is 0.269 e. The van der Waals surface area contributed by atoms with Crippen molar-refractivity contribution in [3.63, 3.8) is 0 Å². The lowest BCUT2D eigenvalue weighted by atomic mass is 9.94. The number of amides is 1. The lowest BCUT2D eigenvalue weighted by Crippen LogP contribution is -2.35. The van der Waals surface area contributed by atoms with E-state index in [0.29, 0.717) is 5.69 Å². The van der Waals surface area contributed by atoms with E-state index in [2.05, 4.69) is 23.6 Å². The van der Waals surface area contributed by atoms with Gasteiger partial charge in [-0.3, -0.25) is 4.79 Å². The van der Waals surface area contributed by atoms with Crippen molar-refractivity contribution in [2.75, 3.05) is 18.0 Å². The Labute approximate surface area is 160 Å². The molecule has 2 heterocycles. The summed E-state index contributed by atoms with van der Waals surface area (Å²) in [4.78, 5) is 15.0. The molecular weight excluding hydrogens is 360 g/mol. The van der Waals surface area contributed by atoms with Gasteiger partial charge in [0.15, 0.2) is 0 Å². The first-order valence-electron chi connectivity index (χ1n) is 9.18. The van der Waals surface area contributed by atoms with Gasteiger partial charge in [0.2, 0.25) is 0 Å². The van der Waals surface area contributed by atoms with Crippen LogP contribution in [0.4, 0.5) is 5.69 Å². The Bertz CT molecular complexity index is 986. The predicted molar refractivity (Wildman–Crippen MR) is 105 cm³/mol. The van der Waals surface area contributed by atoms with Gasteiger partial charge in [-0.2, -0.15) is 0 Å². The summed E-state index contributed by atoms with van der Waals surface area (Å²) in [7, 11) is -3.87. The molecule has 0 aliphatic carbocycles. The highest BCUT2D eigenvalue weighted by molar-refractivity contribution is 7.90. The predicted octanol–water partition coefficient (Wildman–Crippen LogP) is 3.75. The maximum absolute atomic E-state index is 13.1. The number of piperidine rings is 1. The van der Waals surface area contributed by atoms with E-state index < -0.39 is 15.9 Å². The third kappa shape index (κ3) is 2.84. The van der Waals surface area contributed by atoms with Crippen molar-refractivity contribution in [3.05, 3.63) is 72.3 Å². The van der Waals surface area contributed by atoms with Crippen LogP contribution < -0.4 is 4.90 Å². The molecule has 0 radical (unpaired) electrons. The van der Waals surface area contributed by atoms with Gasteiger partial charge in [0.25, 0.3) is 15.9 Å². The lowest BCUT2D eigenvalue weighted by molar-refractivity contribution is 0.0880. The van der Waals surface area contributed by atoms with Crippen LogP contribution in [0, 0.1) is 0 Å². The molecule has 0 N–H and O–H groups in total. The second kappa shape index (κ2) is 6.85. The molecule has 1 amide bonds. The number of carbonyl (C=O) groups is 1. The van der Waals surface area contributed by atoms with Crippen LogP contribution >= 0.6 is 0 Å². The van der Waals surface area contributed by atoms with E-state index >= 15 is 0 Å². The highest BCUT2D eigenvalue weighted by atomic mass is 32.2. The molecule has 0 saturated carbocycles. The Hall–Kier alpha value is -2.60. The molecule has 1 saturated heterocycles. The number of sulfonamides is 1. The van der Waals surface area contributed by atoms with E-state index in [4.69, 9.17) is 0 Å². The van der Waals surface area contributed by atoms with Gasteiger partial charge in [-0.15, -0.1) is 6.58 Å². The Balaban J connectivity index is 1.85. The number of hydrogen-bond donors (Lipinski definition) is 0. The monoisotopic (exact) mass is 382 g/mol. The second-order valence-corrected chi connectivity index (χ2v) is 8.70. The minimum Gasteiger partial charge on any atom is -0.363 e. The van der Waals surface area contributed by atoms with Crippen LogP contribution in [0.25, 0.3) is 0 Å². The molecule has 6 heteroatoms. The molecule has 0 bridgehead atoms. The Kier molecular flexibility index (Phi) is 4.52. The van der Waals surface area contributed by atoms with E-state index in [0.717, 1.165) is 30.1 Å². The van der Waals surface area contributed by atoms with E-state index in [1.807, 2.05) is 24.3 Å². The molecule has 1 atom stereocenters. The number of nitrogens with zero attached hydrogens (tertiary/aromatic N) is 2. The van der Waals surface area contributed by atoms with Gasteiger partial charge in [-0.05, 0) is 37.0 Å². The Morgan fingerprint density at radius 2 is 1.85 bits per heavy atom. The molecule has 140 valence electrons. The summed E-state index contributed by atoms with van der Waals surface area (Å²) in [5.41, 5.74) is 2.05. The fourth-order valence-corrected chi connectivity index (χ4v) is 5.81. The van der Waals surface area contributed by atoms with E-state index in [1.165, 1.54) is 11.6 Å². The molecule has 1 unspecified atom stereocenters. The molecule has 27 heavy (non-hydrogen) atoms. The second-order valence-electron chi connectivity index (χ2n) is 6.90. The average molecular weight is 382 g/mol. The molecule has 0 spiro atoms. The summed E-state index contributed by atoms with van der Waals surface area (Å²) in [5, 5.41) is 0. The fourth-order valence-electron chi connectivity index (χ4n) is 4.08. The topological polar surface area (TPSA) is 57.7 Å². The van der Waals surface area contributed by atoms with Crippen molar-refractivity contribution in [3.8, 4) is 0 Å². The van der Waals surface area contributed by atoms with E-state index in [-0.39, 0.29) is 23.0 Å². The number of fused-ring (bicyclic) bond motifs is 1. The third-order valence-corrected chi connectivity index (χ3v) is 7.13. The SMILES string of the molecule is C=CCN1C(=O)c2cccc(N3CCCCC3c3ccccc3)c2S1(=O)=O. The lowest BCUT2D eigenvalue weighted by Gasteiger charge is -2.38. The van der Waals surface area contributed by atoms with Crippen molar-refractivity contribution < 1.29 is 13.2 Å². The minimum absolute atomic E-state index is 0.0165. The zero-order valence-corrected chi connectivity index (χ0v) is 15.9. The average Bonchev–Trinajstić information content (AvgIpc) is 2.90. The number of carbonyl (C=O) groups excluding carboxylic acids is 1.